The lowest BCUT2D eigenvalue weighted by Crippen LogP contribution is -2.41. The molecule has 0 aliphatic carbocycles. The lowest BCUT2D eigenvalue weighted by molar-refractivity contribution is -0.141. The number of rotatable bonds is 3. The van der Waals surface area contributed by atoms with E-state index in [-0.39, 0.29) is 12.0 Å². The first-order chi connectivity index (χ1) is 9.19. The van der Waals surface area contributed by atoms with E-state index < -0.39 is 0 Å². The van der Waals surface area contributed by atoms with Gasteiger partial charge >= 0.3 is 5.97 Å². The summed E-state index contributed by atoms with van der Waals surface area (Å²) in [7, 11) is 1.44. The van der Waals surface area contributed by atoms with Gasteiger partial charge < -0.3 is 15.0 Å². The minimum absolute atomic E-state index is 0.144. The van der Waals surface area contributed by atoms with Crippen LogP contribution in [0.15, 0.2) is 30.3 Å². The van der Waals surface area contributed by atoms with Gasteiger partial charge in [0.25, 0.3) is 0 Å². The van der Waals surface area contributed by atoms with Crippen LogP contribution in [-0.2, 0) is 9.53 Å². The van der Waals surface area contributed by atoms with E-state index >= 15 is 0 Å². The molecule has 0 amide bonds. The van der Waals surface area contributed by atoms with Gasteiger partial charge in [0.05, 0.1) is 13.5 Å². The summed E-state index contributed by atoms with van der Waals surface area (Å²) in [5, 5.41) is 3.50. The first-order valence-corrected chi connectivity index (χ1v) is 6.82. The third kappa shape index (κ3) is 3.96. The van der Waals surface area contributed by atoms with Crippen LogP contribution in [0, 0.1) is 0 Å². The molecule has 1 saturated heterocycles. The van der Waals surface area contributed by atoms with Crippen LogP contribution in [0.2, 0.25) is 0 Å². The van der Waals surface area contributed by atoms with E-state index in [1.165, 1.54) is 12.8 Å². The van der Waals surface area contributed by atoms with E-state index in [1.54, 1.807) is 0 Å². The lowest BCUT2D eigenvalue weighted by atomic mass is 10.1. The van der Waals surface area contributed by atoms with Crippen LogP contribution in [0.5, 0.6) is 0 Å². The second kappa shape index (κ2) is 6.57. The lowest BCUT2D eigenvalue weighted by Gasteiger charge is -2.26. The number of esters is 1. The van der Waals surface area contributed by atoms with Crippen molar-refractivity contribution in [3.63, 3.8) is 0 Å². The molecule has 1 heterocycles. The first-order valence-electron chi connectivity index (χ1n) is 6.82. The van der Waals surface area contributed by atoms with Crippen molar-refractivity contribution in [1.29, 1.82) is 0 Å². The van der Waals surface area contributed by atoms with Gasteiger partial charge in [0.15, 0.2) is 0 Å². The van der Waals surface area contributed by atoms with Gasteiger partial charge in [-0.05, 0) is 25.5 Å². The number of anilines is 1. The second-order valence-electron chi connectivity index (χ2n) is 5.12. The van der Waals surface area contributed by atoms with E-state index in [4.69, 9.17) is 4.74 Å². The predicted octanol–water partition coefficient (Wildman–Crippen LogP) is 1.81. The summed E-state index contributed by atoms with van der Waals surface area (Å²) in [6, 6.07) is 10.9. The Hall–Kier alpha value is -1.55. The van der Waals surface area contributed by atoms with Crippen LogP contribution in [0.4, 0.5) is 5.69 Å². The molecule has 19 heavy (non-hydrogen) atoms. The molecule has 1 aromatic rings. The molecule has 4 nitrogen and oxygen atoms in total. The number of ether oxygens (including phenoxy) is 1. The van der Waals surface area contributed by atoms with Crippen LogP contribution in [0.25, 0.3) is 0 Å². The number of hydrogen-bond acceptors (Lipinski definition) is 4. The summed E-state index contributed by atoms with van der Waals surface area (Å²) >= 11 is 0. The summed E-state index contributed by atoms with van der Waals surface area (Å²) in [6.45, 7) is 4.01. The zero-order valence-corrected chi connectivity index (χ0v) is 11.6. The molecule has 0 aromatic heterocycles. The van der Waals surface area contributed by atoms with Gasteiger partial charge in [-0.25, -0.2) is 0 Å². The van der Waals surface area contributed by atoms with Crippen LogP contribution in [0.1, 0.15) is 19.8 Å². The molecule has 1 aliphatic heterocycles. The van der Waals surface area contributed by atoms with E-state index in [0.717, 1.165) is 19.5 Å². The third-order valence-corrected chi connectivity index (χ3v) is 3.56. The Morgan fingerprint density at radius 1 is 1.42 bits per heavy atom. The molecule has 2 unspecified atom stereocenters. The molecular formula is C15H22N2O2. The van der Waals surface area contributed by atoms with Crippen molar-refractivity contribution in [3.05, 3.63) is 30.3 Å². The number of carbonyl (C=O) groups is 1. The van der Waals surface area contributed by atoms with Crippen molar-refractivity contribution in [2.24, 2.45) is 0 Å². The van der Waals surface area contributed by atoms with Gasteiger partial charge in [-0.15, -0.1) is 0 Å². The number of nitrogens with zero attached hydrogens (tertiary/aromatic N) is 1. The Balaban J connectivity index is 2.06. The smallest absolute Gasteiger partial charge is 0.307 e. The molecule has 1 N–H and O–H groups in total. The average Bonchev–Trinajstić information content (AvgIpc) is 2.61. The van der Waals surface area contributed by atoms with E-state index in [0.29, 0.717) is 12.5 Å². The fraction of sp³-hybridized carbons (Fsp3) is 0.533. The molecule has 2 rings (SSSR count). The Kier molecular flexibility index (Phi) is 4.80. The quantitative estimate of drug-likeness (QED) is 0.844. The first kappa shape index (κ1) is 13.9. The molecule has 104 valence electrons. The SMILES string of the molecule is COC(=O)CC1CN(c2ccccc2)CCC(C)N1. The van der Waals surface area contributed by atoms with Gasteiger partial charge in [-0.3, -0.25) is 4.79 Å². The molecule has 4 heteroatoms. The summed E-state index contributed by atoms with van der Waals surface area (Å²) < 4.78 is 4.77. The molecule has 0 bridgehead atoms. The highest BCUT2D eigenvalue weighted by molar-refractivity contribution is 5.70. The monoisotopic (exact) mass is 262 g/mol. The molecular weight excluding hydrogens is 240 g/mol. The van der Waals surface area contributed by atoms with E-state index in [2.05, 4.69) is 29.3 Å². The van der Waals surface area contributed by atoms with Crippen molar-refractivity contribution in [2.75, 3.05) is 25.1 Å². The number of benzene rings is 1. The fourth-order valence-corrected chi connectivity index (χ4v) is 2.53. The minimum Gasteiger partial charge on any atom is -0.469 e. The van der Waals surface area contributed by atoms with Crippen LogP contribution in [-0.4, -0.2) is 38.3 Å². The molecule has 1 aliphatic rings. The highest BCUT2D eigenvalue weighted by Gasteiger charge is 2.23. The van der Waals surface area contributed by atoms with Crippen molar-refractivity contribution in [3.8, 4) is 0 Å². The minimum atomic E-state index is -0.153. The Morgan fingerprint density at radius 2 is 2.16 bits per heavy atom. The van der Waals surface area contributed by atoms with Gasteiger partial charge in [0.2, 0.25) is 0 Å². The van der Waals surface area contributed by atoms with Crippen molar-refractivity contribution in [2.45, 2.75) is 31.8 Å². The van der Waals surface area contributed by atoms with Gasteiger partial charge in [0.1, 0.15) is 0 Å². The molecule has 0 saturated carbocycles. The standard InChI is InChI=1S/C15H22N2O2/c1-12-8-9-17(14-6-4-3-5-7-14)11-13(16-12)10-15(18)19-2/h3-7,12-13,16H,8-11H2,1-2H3. The van der Waals surface area contributed by atoms with Gasteiger partial charge in [-0.1, -0.05) is 18.2 Å². The summed E-state index contributed by atoms with van der Waals surface area (Å²) in [6.07, 6.45) is 1.50. The molecule has 2 atom stereocenters. The highest BCUT2D eigenvalue weighted by Crippen LogP contribution is 2.18. The average molecular weight is 262 g/mol. The van der Waals surface area contributed by atoms with Gasteiger partial charge in [-0.2, -0.15) is 0 Å². The molecule has 1 fully saturated rings. The Bertz CT molecular complexity index is 408. The van der Waals surface area contributed by atoms with Crippen LogP contribution in [0.3, 0.4) is 0 Å². The number of carbonyl (C=O) groups excluding carboxylic acids is 1. The largest absolute Gasteiger partial charge is 0.469 e. The molecule has 0 spiro atoms. The van der Waals surface area contributed by atoms with Crippen LogP contribution >= 0.6 is 0 Å². The Morgan fingerprint density at radius 3 is 2.84 bits per heavy atom. The number of methoxy groups -OCH3 is 1. The Labute approximate surface area is 114 Å². The number of nitrogens with one attached hydrogen (secondary N) is 1. The topological polar surface area (TPSA) is 41.6 Å². The maximum absolute atomic E-state index is 11.5. The van der Waals surface area contributed by atoms with Crippen molar-refractivity contribution in [1.82, 2.24) is 5.32 Å². The zero-order valence-electron chi connectivity index (χ0n) is 11.6. The highest BCUT2D eigenvalue weighted by atomic mass is 16.5. The third-order valence-electron chi connectivity index (χ3n) is 3.56. The maximum Gasteiger partial charge on any atom is 0.307 e. The van der Waals surface area contributed by atoms with Gasteiger partial charge in [0, 0.05) is 30.9 Å². The van der Waals surface area contributed by atoms with Crippen molar-refractivity contribution < 1.29 is 9.53 Å². The normalized spacial score (nSPS) is 23.8. The zero-order chi connectivity index (χ0) is 13.7. The number of para-hydroxylation sites is 1. The second-order valence-corrected chi connectivity index (χ2v) is 5.12. The van der Waals surface area contributed by atoms with E-state index in [9.17, 15) is 4.79 Å². The predicted molar refractivity (Wildman–Crippen MR) is 76.3 cm³/mol. The molecule has 0 radical (unpaired) electrons. The van der Waals surface area contributed by atoms with Crippen LogP contribution < -0.4 is 10.2 Å². The summed E-state index contributed by atoms with van der Waals surface area (Å²) in [5.74, 6) is -0.153. The molecule has 1 aromatic carbocycles. The number of hydrogen-bond donors (Lipinski definition) is 1. The van der Waals surface area contributed by atoms with Crippen molar-refractivity contribution >= 4 is 11.7 Å². The summed E-state index contributed by atoms with van der Waals surface area (Å²) in [4.78, 5) is 13.8. The summed E-state index contributed by atoms with van der Waals surface area (Å²) in [5.41, 5.74) is 1.22. The maximum atomic E-state index is 11.5. The fourth-order valence-electron chi connectivity index (χ4n) is 2.53. The van der Waals surface area contributed by atoms with E-state index in [1.807, 2.05) is 18.2 Å².